The number of nitrogens with one attached hydrogen (secondary N) is 1. The van der Waals surface area contributed by atoms with Gasteiger partial charge in [-0.2, -0.15) is 0 Å². The van der Waals surface area contributed by atoms with Crippen molar-refractivity contribution < 1.29 is 9.59 Å². The summed E-state index contributed by atoms with van der Waals surface area (Å²) in [5.41, 5.74) is 2.39. The van der Waals surface area contributed by atoms with Gasteiger partial charge in [-0.1, -0.05) is 52.0 Å². The molecule has 0 unspecified atom stereocenters. The Labute approximate surface area is 182 Å². The lowest BCUT2D eigenvalue weighted by atomic mass is 9.99. The zero-order valence-electron chi connectivity index (χ0n) is 18.4. The van der Waals surface area contributed by atoms with Crippen molar-refractivity contribution in [3.63, 3.8) is 0 Å². The first-order valence-electron chi connectivity index (χ1n) is 10.9. The molecule has 0 radical (unpaired) electrons. The molecule has 1 N–H and O–H groups in total. The van der Waals surface area contributed by atoms with Crippen molar-refractivity contribution in [1.82, 2.24) is 24.8 Å². The zero-order valence-corrected chi connectivity index (χ0v) is 18.4. The summed E-state index contributed by atoms with van der Waals surface area (Å²) in [6.45, 7) is 8.63. The van der Waals surface area contributed by atoms with Gasteiger partial charge in [-0.25, -0.2) is 0 Å². The number of hydrogen-bond acceptors (Lipinski definition) is 4. The molecule has 0 spiro atoms. The second-order valence-electron chi connectivity index (χ2n) is 8.96. The number of hydrogen-bond donors (Lipinski definition) is 1. The zero-order chi connectivity index (χ0) is 22.1. The Morgan fingerprint density at radius 2 is 1.81 bits per heavy atom. The monoisotopic (exact) mass is 419 g/mol. The lowest BCUT2D eigenvalue weighted by Gasteiger charge is -2.31. The molecule has 0 saturated heterocycles. The predicted molar refractivity (Wildman–Crippen MR) is 118 cm³/mol. The number of carbonyl (C=O) groups excluding carboxylic acids is 2. The van der Waals surface area contributed by atoms with Crippen LogP contribution in [-0.2, 0) is 11.3 Å². The summed E-state index contributed by atoms with van der Waals surface area (Å²) in [5.74, 6) is 0.771. The SMILES string of the molecule is CC(C)C[C@@H](NC(=O)[C@H](C(C)C)N1Cc2ccccc2C1=O)c1nnc2ccccn12. The van der Waals surface area contributed by atoms with Crippen molar-refractivity contribution in [2.24, 2.45) is 11.8 Å². The van der Waals surface area contributed by atoms with Crippen LogP contribution in [0.4, 0.5) is 0 Å². The number of fused-ring (bicyclic) bond motifs is 2. The molecule has 0 aliphatic carbocycles. The number of benzene rings is 1. The fraction of sp³-hybridized carbons (Fsp3) is 0.417. The number of nitrogens with zero attached hydrogens (tertiary/aromatic N) is 4. The Morgan fingerprint density at radius 1 is 1.06 bits per heavy atom. The summed E-state index contributed by atoms with van der Waals surface area (Å²) in [4.78, 5) is 28.3. The van der Waals surface area contributed by atoms with E-state index in [0.717, 1.165) is 17.6 Å². The van der Waals surface area contributed by atoms with Gasteiger partial charge in [-0.3, -0.25) is 14.0 Å². The van der Waals surface area contributed by atoms with Gasteiger partial charge in [0.2, 0.25) is 5.91 Å². The Kier molecular flexibility index (Phi) is 5.76. The van der Waals surface area contributed by atoms with Crippen LogP contribution in [0, 0.1) is 11.8 Å². The van der Waals surface area contributed by atoms with E-state index in [-0.39, 0.29) is 23.8 Å². The molecule has 31 heavy (non-hydrogen) atoms. The first-order valence-corrected chi connectivity index (χ1v) is 10.9. The van der Waals surface area contributed by atoms with Crippen molar-refractivity contribution in [3.05, 3.63) is 65.6 Å². The molecule has 0 bridgehead atoms. The fourth-order valence-corrected chi connectivity index (χ4v) is 4.36. The van der Waals surface area contributed by atoms with E-state index in [1.807, 2.05) is 66.9 Å². The number of carbonyl (C=O) groups is 2. The second kappa shape index (κ2) is 8.49. The average molecular weight is 420 g/mol. The fourth-order valence-electron chi connectivity index (χ4n) is 4.36. The predicted octanol–water partition coefficient (Wildman–Crippen LogP) is 3.61. The maximum Gasteiger partial charge on any atom is 0.255 e. The molecule has 1 aliphatic rings. The summed E-state index contributed by atoms with van der Waals surface area (Å²) in [6, 6.07) is 12.4. The summed E-state index contributed by atoms with van der Waals surface area (Å²) in [5, 5.41) is 11.8. The van der Waals surface area contributed by atoms with E-state index in [0.29, 0.717) is 23.9 Å². The molecule has 1 aromatic carbocycles. The number of pyridine rings is 1. The van der Waals surface area contributed by atoms with Gasteiger partial charge < -0.3 is 10.2 Å². The van der Waals surface area contributed by atoms with Crippen LogP contribution in [0.25, 0.3) is 5.65 Å². The van der Waals surface area contributed by atoms with E-state index in [2.05, 4.69) is 29.4 Å². The normalized spacial score (nSPS) is 15.5. The molecular weight excluding hydrogens is 390 g/mol. The first-order chi connectivity index (χ1) is 14.9. The highest BCUT2D eigenvalue weighted by atomic mass is 16.2. The summed E-state index contributed by atoms with van der Waals surface area (Å²) < 4.78 is 1.91. The molecule has 2 amide bonds. The van der Waals surface area contributed by atoms with E-state index in [1.54, 1.807) is 4.90 Å². The van der Waals surface area contributed by atoms with Gasteiger partial charge in [-0.15, -0.1) is 10.2 Å². The van der Waals surface area contributed by atoms with Crippen LogP contribution < -0.4 is 5.32 Å². The third-order valence-electron chi connectivity index (χ3n) is 5.76. The van der Waals surface area contributed by atoms with Gasteiger partial charge in [0.1, 0.15) is 6.04 Å². The van der Waals surface area contributed by atoms with Crippen molar-refractivity contribution in [3.8, 4) is 0 Å². The van der Waals surface area contributed by atoms with E-state index >= 15 is 0 Å². The molecule has 162 valence electrons. The third kappa shape index (κ3) is 4.04. The Bertz CT molecular complexity index is 1100. The summed E-state index contributed by atoms with van der Waals surface area (Å²) in [7, 11) is 0. The van der Waals surface area contributed by atoms with Gasteiger partial charge >= 0.3 is 0 Å². The maximum absolute atomic E-state index is 13.5. The van der Waals surface area contributed by atoms with Crippen molar-refractivity contribution in [2.75, 3.05) is 0 Å². The molecule has 2 aromatic heterocycles. The minimum absolute atomic E-state index is 0.0342. The first kappa shape index (κ1) is 21.0. The average Bonchev–Trinajstić information content (AvgIpc) is 3.29. The second-order valence-corrected chi connectivity index (χ2v) is 8.96. The number of rotatable bonds is 7. The number of amides is 2. The molecule has 2 atom stereocenters. The van der Waals surface area contributed by atoms with Gasteiger partial charge in [0.25, 0.3) is 5.91 Å². The van der Waals surface area contributed by atoms with E-state index < -0.39 is 6.04 Å². The smallest absolute Gasteiger partial charge is 0.255 e. The quantitative estimate of drug-likeness (QED) is 0.634. The third-order valence-corrected chi connectivity index (χ3v) is 5.76. The van der Waals surface area contributed by atoms with Crippen LogP contribution in [-0.4, -0.2) is 37.4 Å². The van der Waals surface area contributed by atoms with Crippen LogP contribution in [0.15, 0.2) is 48.7 Å². The van der Waals surface area contributed by atoms with Crippen LogP contribution in [0.1, 0.15) is 61.9 Å². The van der Waals surface area contributed by atoms with Crippen LogP contribution >= 0.6 is 0 Å². The highest BCUT2D eigenvalue weighted by Gasteiger charge is 2.39. The van der Waals surface area contributed by atoms with E-state index in [1.165, 1.54) is 0 Å². The van der Waals surface area contributed by atoms with Crippen LogP contribution in [0.2, 0.25) is 0 Å². The lowest BCUT2D eigenvalue weighted by molar-refractivity contribution is -0.128. The molecule has 4 rings (SSSR count). The van der Waals surface area contributed by atoms with Crippen molar-refractivity contribution >= 4 is 17.5 Å². The minimum Gasteiger partial charge on any atom is -0.344 e. The van der Waals surface area contributed by atoms with Gasteiger partial charge in [-0.05, 0) is 42.0 Å². The molecule has 0 fully saturated rings. The van der Waals surface area contributed by atoms with Crippen LogP contribution in [0.3, 0.4) is 0 Å². The van der Waals surface area contributed by atoms with E-state index in [9.17, 15) is 9.59 Å². The standard InChI is InChI=1S/C24H29N5O2/c1-15(2)13-19(22-27-26-20-11-7-8-12-28(20)22)25-23(30)21(16(3)4)29-14-17-9-5-6-10-18(17)24(29)31/h5-12,15-16,19,21H,13-14H2,1-4H3,(H,25,30)/t19-,21+/m1/s1. The van der Waals surface area contributed by atoms with Crippen LogP contribution in [0.5, 0.6) is 0 Å². The maximum atomic E-state index is 13.5. The summed E-state index contributed by atoms with van der Waals surface area (Å²) in [6.07, 6.45) is 2.63. The molecule has 3 aromatic rings. The Hall–Kier alpha value is -3.22. The molecule has 3 heterocycles. The van der Waals surface area contributed by atoms with Gasteiger partial charge in [0.15, 0.2) is 11.5 Å². The molecule has 1 aliphatic heterocycles. The number of aromatic nitrogens is 3. The largest absolute Gasteiger partial charge is 0.344 e. The minimum atomic E-state index is -0.561. The summed E-state index contributed by atoms with van der Waals surface area (Å²) >= 11 is 0. The van der Waals surface area contributed by atoms with Crippen molar-refractivity contribution in [1.29, 1.82) is 0 Å². The Morgan fingerprint density at radius 3 is 2.52 bits per heavy atom. The molecule has 7 heteroatoms. The topological polar surface area (TPSA) is 79.6 Å². The highest BCUT2D eigenvalue weighted by Crippen LogP contribution is 2.28. The molecular formula is C24H29N5O2. The van der Waals surface area contributed by atoms with Gasteiger partial charge in [0.05, 0.1) is 6.04 Å². The van der Waals surface area contributed by atoms with E-state index in [4.69, 9.17) is 0 Å². The van der Waals surface area contributed by atoms with Crippen molar-refractivity contribution in [2.45, 2.75) is 52.7 Å². The Balaban J connectivity index is 1.62. The molecule has 7 nitrogen and oxygen atoms in total. The lowest BCUT2D eigenvalue weighted by Crippen LogP contribution is -2.51. The van der Waals surface area contributed by atoms with Gasteiger partial charge in [0, 0.05) is 18.3 Å². The highest BCUT2D eigenvalue weighted by molar-refractivity contribution is 6.01. The molecule has 0 saturated carbocycles.